The van der Waals surface area contributed by atoms with E-state index in [9.17, 15) is 0 Å². The highest BCUT2D eigenvalue weighted by molar-refractivity contribution is 7.17. The second-order valence-corrected chi connectivity index (χ2v) is 5.92. The molecule has 1 aromatic heterocycles. The van der Waals surface area contributed by atoms with Gasteiger partial charge in [-0.15, -0.1) is 11.3 Å². The molecule has 0 aliphatic heterocycles. The van der Waals surface area contributed by atoms with Crippen molar-refractivity contribution in [2.75, 3.05) is 19.0 Å². The van der Waals surface area contributed by atoms with E-state index in [-0.39, 0.29) is 0 Å². The Kier molecular flexibility index (Phi) is 4.53. The summed E-state index contributed by atoms with van der Waals surface area (Å²) in [7, 11) is 1.74. The first kappa shape index (κ1) is 14.1. The fourth-order valence-corrected chi connectivity index (χ4v) is 3.45. The van der Waals surface area contributed by atoms with E-state index in [1.165, 1.54) is 26.9 Å². The van der Waals surface area contributed by atoms with Gasteiger partial charge in [-0.2, -0.15) is 0 Å². The Bertz CT molecular complexity index is 720. The molecule has 0 spiro atoms. The summed E-state index contributed by atoms with van der Waals surface area (Å²) in [5.74, 6) is 0. The number of anilines is 1. The minimum atomic E-state index is 0.750. The number of hydrogen-bond acceptors (Lipinski definition) is 3. The molecule has 0 saturated carbocycles. The number of nitrogens with one attached hydrogen (secondary N) is 1. The first-order valence-electron chi connectivity index (χ1n) is 7.14. The largest absolute Gasteiger partial charge is 0.384 e. The Morgan fingerprint density at radius 3 is 2.71 bits per heavy atom. The van der Waals surface area contributed by atoms with Crippen molar-refractivity contribution in [3.05, 3.63) is 65.0 Å². The fourth-order valence-electron chi connectivity index (χ4n) is 2.48. The maximum absolute atomic E-state index is 5.18. The van der Waals surface area contributed by atoms with Crippen LogP contribution in [0.15, 0.2) is 53.9 Å². The van der Waals surface area contributed by atoms with Crippen LogP contribution in [0.1, 0.15) is 11.1 Å². The number of hydrogen-bond donors (Lipinski definition) is 1. The summed E-state index contributed by atoms with van der Waals surface area (Å²) in [5.41, 5.74) is 3.86. The van der Waals surface area contributed by atoms with Crippen LogP contribution in [0, 0.1) is 0 Å². The molecular formula is C18H19NOS. The summed E-state index contributed by atoms with van der Waals surface area (Å²) in [5, 5.41) is 7.16. The average molecular weight is 297 g/mol. The molecule has 0 fully saturated rings. The smallest absolute Gasteiger partial charge is 0.0503 e. The molecule has 0 unspecified atom stereocenters. The molecule has 3 aromatic rings. The van der Waals surface area contributed by atoms with Crippen molar-refractivity contribution >= 4 is 27.1 Å². The molecule has 0 atom stereocenters. The SMILES string of the molecule is COCCc1ccccc1NCc1csc2ccccc12. The minimum Gasteiger partial charge on any atom is -0.384 e. The van der Waals surface area contributed by atoms with Crippen molar-refractivity contribution in [1.82, 2.24) is 0 Å². The number of fused-ring (bicyclic) bond motifs is 1. The van der Waals surface area contributed by atoms with E-state index in [0.717, 1.165) is 19.6 Å². The summed E-state index contributed by atoms with van der Waals surface area (Å²) in [6.07, 6.45) is 0.935. The third-order valence-corrected chi connectivity index (χ3v) is 4.64. The van der Waals surface area contributed by atoms with Crippen molar-refractivity contribution in [3.63, 3.8) is 0 Å². The second-order valence-electron chi connectivity index (χ2n) is 5.01. The van der Waals surface area contributed by atoms with Crippen LogP contribution in [0.25, 0.3) is 10.1 Å². The molecule has 1 N–H and O–H groups in total. The van der Waals surface area contributed by atoms with Crippen LogP contribution in [0.2, 0.25) is 0 Å². The van der Waals surface area contributed by atoms with Gasteiger partial charge in [0.25, 0.3) is 0 Å². The van der Waals surface area contributed by atoms with Gasteiger partial charge >= 0.3 is 0 Å². The molecule has 3 heteroatoms. The zero-order chi connectivity index (χ0) is 14.5. The Morgan fingerprint density at radius 2 is 1.81 bits per heavy atom. The quantitative estimate of drug-likeness (QED) is 0.712. The lowest BCUT2D eigenvalue weighted by molar-refractivity contribution is 0.202. The predicted molar refractivity (Wildman–Crippen MR) is 91.2 cm³/mol. The molecule has 0 bridgehead atoms. The second kappa shape index (κ2) is 6.74. The van der Waals surface area contributed by atoms with Crippen molar-refractivity contribution in [2.24, 2.45) is 0 Å². The molecule has 0 aliphatic carbocycles. The van der Waals surface area contributed by atoms with Gasteiger partial charge in [-0.25, -0.2) is 0 Å². The summed E-state index contributed by atoms with van der Waals surface area (Å²) in [6.45, 7) is 1.61. The number of thiophene rings is 1. The molecule has 108 valence electrons. The van der Waals surface area contributed by atoms with Crippen LogP contribution in [0.5, 0.6) is 0 Å². The Labute approximate surface area is 129 Å². The standard InChI is InChI=1S/C18H19NOS/c1-20-11-10-14-6-2-4-8-17(14)19-12-15-13-21-18-9-5-3-7-16(15)18/h2-9,13,19H,10-12H2,1H3. The number of para-hydroxylation sites is 1. The van der Waals surface area contributed by atoms with E-state index in [4.69, 9.17) is 4.74 Å². The van der Waals surface area contributed by atoms with Crippen LogP contribution in [-0.4, -0.2) is 13.7 Å². The highest BCUT2D eigenvalue weighted by Gasteiger charge is 2.05. The first-order valence-corrected chi connectivity index (χ1v) is 8.02. The molecule has 2 nitrogen and oxygen atoms in total. The summed E-state index contributed by atoms with van der Waals surface area (Å²) in [6, 6.07) is 17.0. The third kappa shape index (κ3) is 3.26. The van der Waals surface area contributed by atoms with Gasteiger partial charge in [0.05, 0.1) is 6.61 Å². The summed E-state index contributed by atoms with van der Waals surface area (Å²) in [4.78, 5) is 0. The number of rotatable bonds is 6. The monoisotopic (exact) mass is 297 g/mol. The first-order chi connectivity index (χ1) is 10.4. The average Bonchev–Trinajstić information content (AvgIpc) is 2.95. The van der Waals surface area contributed by atoms with Crippen molar-refractivity contribution in [1.29, 1.82) is 0 Å². The van der Waals surface area contributed by atoms with E-state index < -0.39 is 0 Å². The zero-order valence-corrected chi connectivity index (χ0v) is 13.0. The Balaban J connectivity index is 1.75. The number of benzene rings is 2. The van der Waals surface area contributed by atoms with E-state index in [1.807, 2.05) is 11.3 Å². The van der Waals surface area contributed by atoms with Gasteiger partial charge in [0.15, 0.2) is 0 Å². The molecular weight excluding hydrogens is 278 g/mol. The Hall–Kier alpha value is -1.84. The van der Waals surface area contributed by atoms with Crippen LogP contribution in [0.3, 0.4) is 0 Å². The molecule has 1 heterocycles. The van der Waals surface area contributed by atoms with Crippen LogP contribution in [-0.2, 0) is 17.7 Å². The van der Waals surface area contributed by atoms with Crippen molar-refractivity contribution in [3.8, 4) is 0 Å². The lowest BCUT2D eigenvalue weighted by atomic mass is 10.1. The molecule has 0 amide bonds. The van der Waals surface area contributed by atoms with E-state index in [0.29, 0.717) is 0 Å². The highest BCUT2D eigenvalue weighted by Crippen LogP contribution is 2.26. The predicted octanol–water partition coefficient (Wildman–Crippen LogP) is 4.70. The summed E-state index contributed by atoms with van der Waals surface area (Å²) < 4.78 is 6.53. The number of methoxy groups -OCH3 is 1. The minimum absolute atomic E-state index is 0.750. The Morgan fingerprint density at radius 1 is 1.00 bits per heavy atom. The van der Waals surface area contributed by atoms with Crippen molar-refractivity contribution in [2.45, 2.75) is 13.0 Å². The number of ether oxygens (including phenoxy) is 1. The van der Waals surface area contributed by atoms with Gasteiger partial charge in [-0.3, -0.25) is 0 Å². The van der Waals surface area contributed by atoms with Gasteiger partial charge in [0.2, 0.25) is 0 Å². The molecule has 2 aromatic carbocycles. The van der Waals surface area contributed by atoms with Crippen molar-refractivity contribution < 1.29 is 4.74 Å². The third-order valence-electron chi connectivity index (χ3n) is 3.62. The van der Waals surface area contributed by atoms with Gasteiger partial charge in [0.1, 0.15) is 0 Å². The maximum atomic E-state index is 5.18. The van der Waals surface area contributed by atoms with Gasteiger partial charge in [-0.1, -0.05) is 36.4 Å². The van der Waals surface area contributed by atoms with Gasteiger partial charge in [0, 0.05) is 24.0 Å². The normalized spacial score (nSPS) is 10.9. The van der Waals surface area contributed by atoms with Crippen LogP contribution >= 0.6 is 11.3 Å². The summed E-state index contributed by atoms with van der Waals surface area (Å²) >= 11 is 1.81. The maximum Gasteiger partial charge on any atom is 0.0503 e. The zero-order valence-electron chi connectivity index (χ0n) is 12.1. The molecule has 3 rings (SSSR count). The highest BCUT2D eigenvalue weighted by atomic mass is 32.1. The van der Waals surface area contributed by atoms with Gasteiger partial charge in [-0.05, 0) is 40.4 Å². The van der Waals surface area contributed by atoms with Gasteiger partial charge < -0.3 is 10.1 Å². The lowest BCUT2D eigenvalue weighted by Crippen LogP contribution is -2.04. The fraction of sp³-hybridized carbons (Fsp3) is 0.222. The van der Waals surface area contributed by atoms with Crippen LogP contribution in [0.4, 0.5) is 5.69 Å². The topological polar surface area (TPSA) is 21.3 Å². The van der Waals surface area contributed by atoms with Crippen LogP contribution < -0.4 is 5.32 Å². The van der Waals surface area contributed by atoms with E-state index >= 15 is 0 Å². The molecule has 21 heavy (non-hydrogen) atoms. The van der Waals surface area contributed by atoms with E-state index in [1.54, 1.807) is 7.11 Å². The molecule has 0 saturated heterocycles. The molecule has 0 radical (unpaired) electrons. The van der Waals surface area contributed by atoms with E-state index in [2.05, 4.69) is 59.2 Å². The molecule has 0 aliphatic rings. The lowest BCUT2D eigenvalue weighted by Gasteiger charge is -2.11.